The van der Waals surface area contributed by atoms with E-state index in [1.54, 1.807) is 24.3 Å². The zero-order valence-corrected chi connectivity index (χ0v) is 32.5. The molecule has 0 bridgehead atoms. The van der Waals surface area contributed by atoms with Crippen molar-refractivity contribution in [1.29, 1.82) is 0 Å². The number of nitrogens with one attached hydrogen (secondary N) is 1. The minimum absolute atomic E-state index is 0.0170. The summed E-state index contributed by atoms with van der Waals surface area (Å²) in [6, 6.07) is 10.6. The number of aryl methyl sites for hydroxylation is 1. The van der Waals surface area contributed by atoms with Crippen molar-refractivity contribution >= 4 is 59.4 Å². The van der Waals surface area contributed by atoms with Crippen molar-refractivity contribution in [2.45, 2.75) is 64.4 Å². The Morgan fingerprint density at radius 3 is 2.20 bits per heavy atom. The van der Waals surface area contributed by atoms with E-state index in [2.05, 4.69) is 60.5 Å². The first-order valence-electron chi connectivity index (χ1n) is 14.7. The zero-order valence-electron chi connectivity index (χ0n) is 27.3. The number of benzene rings is 2. The number of ether oxygens (including phenoxy) is 4. The van der Waals surface area contributed by atoms with Gasteiger partial charge in [0.25, 0.3) is 0 Å². The molecule has 0 radical (unpaired) electrons. The van der Waals surface area contributed by atoms with Crippen molar-refractivity contribution < 1.29 is 32.5 Å². The van der Waals surface area contributed by atoms with Gasteiger partial charge < -0.3 is 29.4 Å². The van der Waals surface area contributed by atoms with Crippen molar-refractivity contribution in [3.8, 4) is 11.5 Å². The molecular formula is C30H50BrClN2O7SSi2. The molecule has 2 N–H and O–H groups in total. The summed E-state index contributed by atoms with van der Waals surface area (Å²) in [5.41, 5.74) is 1.73. The largest absolute Gasteiger partial charge is 0.490 e. The topological polar surface area (TPSA) is 107 Å². The fraction of sp³-hybridized carbons (Fsp3) is 0.600. The van der Waals surface area contributed by atoms with Crippen molar-refractivity contribution in [2.75, 3.05) is 57.0 Å². The molecule has 0 heterocycles. The lowest BCUT2D eigenvalue weighted by molar-refractivity contribution is 0.0222. The summed E-state index contributed by atoms with van der Waals surface area (Å²) in [4.78, 5) is 0. The molecule has 14 heteroatoms. The predicted octanol–water partition coefficient (Wildman–Crippen LogP) is 6.88. The molecular weight excluding hydrogens is 704 g/mol. The van der Waals surface area contributed by atoms with Gasteiger partial charge in [-0.25, -0.2) is 12.7 Å². The minimum atomic E-state index is -3.74. The standard InChI is InChI=1S/C30H50BrClN2O7SSi2/c1-23-17-25(31)19-26(32)30(23)40-12-11-33-20-28(35)24-9-10-29(41-22-39-14-16-44(6,7)8)27(18-24)34(42(2,36)37)21-38-13-15-43(3,4)5/h9-10,17-19,28,33,35H,11-16,20-22H2,1-8H3/t28-/m0/s1. The van der Waals surface area contributed by atoms with Gasteiger partial charge in [0.15, 0.2) is 6.79 Å². The Hall–Kier alpha value is -1.17. The average molecular weight is 754 g/mol. The number of sulfonamides is 1. The predicted molar refractivity (Wildman–Crippen MR) is 190 cm³/mol. The van der Waals surface area contributed by atoms with Crippen LogP contribution in [0.3, 0.4) is 0 Å². The molecule has 0 spiro atoms. The fourth-order valence-electron chi connectivity index (χ4n) is 3.92. The van der Waals surface area contributed by atoms with Crippen LogP contribution in [0.1, 0.15) is 17.2 Å². The highest BCUT2D eigenvalue weighted by Gasteiger charge is 2.24. The molecule has 44 heavy (non-hydrogen) atoms. The molecule has 1 atom stereocenters. The summed E-state index contributed by atoms with van der Waals surface area (Å²) < 4.78 is 51.3. The highest BCUT2D eigenvalue weighted by atomic mass is 79.9. The normalized spacial score (nSPS) is 13.2. The van der Waals surface area contributed by atoms with Crippen molar-refractivity contribution in [3.05, 3.63) is 51.0 Å². The van der Waals surface area contributed by atoms with Gasteiger partial charge in [-0.1, -0.05) is 72.9 Å². The van der Waals surface area contributed by atoms with Gasteiger partial charge in [0.1, 0.15) is 24.8 Å². The van der Waals surface area contributed by atoms with Gasteiger partial charge in [-0.05, 0) is 54.4 Å². The summed E-state index contributed by atoms with van der Waals surface area (Å²) in [5.74, 6) is 0.950. The van der Waals surface area contributed by atoms with Crippen LogP contribution < -0.4 is 19.1 Å². The Labute approximate surface area is 279 Å². The highest BCUT2D eigenvalue weighted by molar-refractivity contribution is 9.10. The lowest BCUT2D eigenvalue weighted by Gasteiger charge is -2.26. The number of anilines is 1. The summed E-state index contributed by atoms with van der Waals surface area (Å²) in [5, 5.41) is 14.7. The van der Waals surface area contributed by atoms with E-state index in [1.165, 1.54) is 4.31 Å². The molecule has 0 amide bonds. The van der Waals surface area contributed by atoms with Gasteiger partial charge in [0, 0.05) is 46.9 Å². The Morgan fingerprint density at radius 2 is 1.61 bits per heavy atom. The molecule has 0 fully saturated rings. The Bertz CT molecular complexity index is 1280. The van der Waals surface area contributed by atoms with Crippen LogP contribution in [0.2, 0.25) is 56.4 Å². The number of hydrogen-bond acceptors (Lipinski definition) is 8. The average Bonchev–Trinajstić information content (AvgIpc) is 2.87. The molecule has 2 aromatic carbocycles. The number of rotatable bonds is 20. The van der Waals surface area contributed by atoms with Crippen LogP contribution in [-0.2, 0) is 19.5 Å². The Balaban J connectivity index is 2.13. The third-order valence-corrected chi connectivity index (χ3v) is 11.8. The fourth-order valence-corrected chi connectivity index (χ4v) is 7.23. The third-order valence-electron chi connectivity index (χ3n) is 6.59. The van der Waals surface area contributed by atoms with Crippen molar-refractivity contribution in [2.24, 2.45) is 0 Å². The lowest BCUT2D eigenvalue weighted by atomic mass is 10.1. The Morgan fingerprint density at radius 1 is 0.977 bits per heavy atom. The van der Waals surface area contributed by atoms with E-state index in [0.29, 0.717) is 48.5 Å². The van der Waals surface area contributed by atoms with Crippen LogP contribution in [0, 0.1) is 6.92 Å². The number of aliphatic hydroxyl groups excluding tert-OH is 1. The number of aliphatic hydroxyl groups is 1. The van der Waals surface area contributed by atoms with Crippen LogP contribution in [0.25, 0.3) is 0 Å². The second kappa shape index (κ2) is 17.7. The van der Waals surface area contributed by atoms with E-state index in [1.807, 2.05) is 13.0 Å². The van der Waals surface area contributed by atoms with Gasteiger partial charge in [0.05, 0.1) is 23.1 Å². The van der Waals surface area contributed by atoms with E-state index in [-0.39, 0.29) is 25.8 Å². The molecule has 250 valence electrons. The van der Waals surface area contributed by atoms with E-state index >= 15 is 0 Å². The van der Waals surface area contributed by atoms with Crippen LogP contribution in [-0.4, -0.2) is 82.4 Å². The first kappa shape index (κ1) is 39.0. The molecule has 0 saturated carbocycles. The van der Waals surface area contributed by atoms with Gasteiger partial charge in [-0.15, -0.1) is 0 Å². The molecule has 0 unspecified atom stereocenters. The maximum atomic E-state index is 12.9. The van der Waals surface area contributed by atoms with E-state index in [9.17, 15) is 13.5 Å². The van der Waals surface area contributed by atoms with Gasteiger partial charge >= 0.3 is 0 Å². The van der Waals surface area contributed by atoms with Crippen LogP contribution in [0.4, 0.5) is 5.69 Å². The second-order valence-electron chi connectivity index (χ2n) is 13.3. The SMILES string of the molecule is Cc1cc(Br)cc(Cl)c1OCCNC[C@H](O)c1ccc(OCOCC[Si](C)(C)C)c(N(COCC[Si](C)(C)C)S(C)(=O)=O)c1. The molecule has 0 aliphatic heterocycles. The van der Waals surface area contributed by atoms with Crippen molar-refractivity contribution in [3.63, 3.8) is 0 Å². The first-order valence-corrected chi connectivity index (χ1v) is 25.2. The monoisotopic (exact) mass is 752 g/mol. The summed E-state index contributed by atoms with van der Waals surface area (Å²) in [7, 11) is -6.37. The van der Waals surface area contributed by atoms with Crippen LogP contribution >= 0.6 is 27.5 Å². The van der Waals surface area contributed by atoms with Crippen LogP contribution in [0.15, 0.2) is 34.8 Å². The summed E-state index contributed by atoms with van der Waals surface area (Å²) in [6.45, 7) is 17.3. The molecule has 2 rings (SSSR count). The molecule has 0 saturated heterocycles. The Kier molecular flexibility index (Phi) is 15.7. The van der Waals surface area contributed by atoms with Gasteiger partial charge in [-0.3, -0.25) is 0 Å². The smallest absolute Gasteiger partial charge is 0.234 e. The number of nitrogens with zero attached hydrogens (tertiary/aromatic N) is 1. The van der Waals surface area contributed by atoms with Crippen molar-refractivity contribution in [1.82, 2.24) is 5.32 Å². The third kappa shape index (κ3) is 14.5. The quantitative estimate of drug-likeness (QED) is 0.0857. The summed E-state index contributed by atoms with van der Waals surface area (Å²) >= 11 is 9.72. The van der Waals surface area contributed by atoms with E-state index < -0.39 is 32.3 Å². The molecule has 2 aromatic rings. The highest BCUT2D eigenvalue weighted by Crippen LogP contribution is 2.34. The molecule has 0 aromatic heterocycles. The number of hydrogen-bond donors (Lipinski definition) is 2. The minimum Gasteiger partial charge on any atom is -0.490 e. The van der Waals surface area contributed by atoms with Crippen LogP contribution in [0.5, 0.6) is 11.5 Å². The van der Waals surface area contributed by atoms with E-state index in [4.69, 9.17) is 30.5 Å². The lowest BCUT2D eigenvalue weighted by Crippen LogP contribution is -2.34. The second-order valence-corrected chi connectivity index (χ2v) is 27.7. The molecule has 9 nitrogen and oxygen atoms in total. The molecule has 0 aliphatic carbocycles. The maximum absolute atomic E-state index is 12.9. The first-order chi connectivity index (χ1) is 20.4. The zero-order chi connectivity index (χ0) is 33.1. The van der Waals surface area contributed by atoms with Gasteiger partial charge in [0.2, 0.25) is 10.0 Å². The molecule has 0 aliphatic rings. The number of halogens is 2. The van der Waals surface area contributed by atoms with Gasteiger partial charge in [-0.2, -0.15) is 0 Å². The van der Waals surface area contributed by atoms with E-state index in [0.717, 1.165) is 28.4 Å². The maximum Gasteiger partial charge on any atom is 0.234 e. The summed E-state index contributed by atoms with van der Waals surface area (Å²) in [6.07, 6.45) is 0.218.